The summed E-state index contributed by atoms with van der Waals surface area (Å²) in [5, 5.41) is 20.2. The van der Waals surface area contributed by atoms with E-state index in [-0.39, 0.29) is 18.9 Å². The van der Waals surface area contributed by atoms with Crippen molar-refractivity contribution in [1.29, 1.82) is 0 Å². The van der Waals surface area contributed by atoms with Crippen LogP contribution in [0.1, 0.15) is 49.4 Å². The van der Waals surface area contributed by atoms with Crippen LogP contribution in [-0.2, 0) is 22.4 Å². The van der Waals surface area contributed by atoms with E-state index in [1.807, 2.05) is 49.4 Å². The quantitative estimate of drug-likeness (QED) is 0.316. The van der Waals surface area contributed by atoms with E-state index in [2.05, 4.69) is 17.6 Å². The van der Waals surface area contributed by atoms with Crippen LogP contribution in [0.4, 0.5) is 16.3 Å². The Hall–Kier alpha value is -3.85. The predicted molar refractivity (Wildman–Crippen MR) is 152 cm³/mol. The molecule has 0 saturated carbocycles. The van der Waals surface area contributed by atoms with E-state index in [0.29, 0.717) is 35.9 Å². The molecule has 10 heteroatoms. The normalized spacial score (nSPS) is 15.2. The summed E-state index contributed by atoms with van der Waals surface area (Å²) in [5.74, 6) is -0.922. The third-order valence-corrected chi connectivity index (χ3v) is 7.39. The molecule has 1 aliphatic heterocycles. The van der Waals surface area contributed by atoms with Gasteiger partial charge in [0.1, 0.15) is 5.82 Å². The molecule has 2 aromatic carbocycles. The van der Waals surface area contributed by atoms with Gasteiger partial charge in [-0.25, -0.2) is 9.48 Å². The van der Waals surface area contributed by atoms with Crippen molar-refractivity contribution in [2.75, 3.05) is 23.7 Å². The lowest BCUT2D eigenvalue weighted by molar-refractivity contribution is -0.145. The molecule has 3 N–H and O–H groups in total. The van der Waals surface area contributed by atoms with E-state index in [1.54, 1.807) is 15.6 Å². The number of amides is 3. The highest BCUT2D eigenvalue weighted by atomic mass is 35.5. The molecule has 1 atom stereocenters. The van der Waals surface area contributed by atoms with Crippen molar-refractivity contribution in [3.63, 3.8) is 0 Å². The first-order chi connectivity index (χ1) is 18.7. The number of nitrogens with one attached hydrogen (secondary N) is 2. The van der Waals surface area contributed by atoms with Crippen LogP contribution in [0.2, 0.25) is 5.02 Å². The Balaban J connectivity index is 1.48. The number of nitrogens with zero attached hydrogens (tertiary/aromatic N) is 3. The molecule has 3 amide bonds. The molecule has 1 unspecified atom stereocenters. The summed E-state index contributed by atoms with van der Waals surface area (Å²) in [4.78, 5) is 38.6. The van der Waals surface area contributed by atoms with E-state index < -0.39 is 17.9 Å². The van der Waals surface area contributed by atoms with Gasteiger partial charge in [-0.1, -0.05) is 49.2 Å². The summed E-state index contributed by atoms with van der Waals surface area (Å²) in [7, 11) is 0. The van der Waals surface area contributed by atoms with Crippen molar-refractivity contribution >= 4 is 41.0 Å². The fraction of sp³-hybridized carbons (Fsp3) is 0.379. The van der Waals surface area contributed by atoms with Gasteiger partial charge in [-0.2, -0.15) is 5.10 Å². The van der Waals surface area contributed by atoms with Crippen LogP contribution < -0.4 is 10.6 Å². The van der Waals surface area contributed by atoms with Gasteiger partial charge in [0.2, 0.25) is 5.91 Å². The molecule has 4 rings (SSSR count). The zero-order chi connectivity index (χ0) is 27.9. The second-order valence-electron chi connectivity index (χ2n) is 9.91. The Morgan fingerprint density at radius 3 is 2.62 bits per heavy atom. The Bertz CT molecular complexity index is 1340. The number of urea groups is 1. The van der Waals surface area contributed by atoms with Gasteiger partial charge < -0.3 is 15.3 Å². The van der Waals surface area contributed by atoms with Gasteiger partial charge in [0.05, 0.1) is 34.4 Å². The minimum absolute atomic E-state index is 0.0801. The second-order valence-corrected chi connectivity index (χ2v) is 10.3. The number of anilines is 2. The van der Waals surface area contributed by atoms with Gasteiger partial charge in [0, 0.05) is 19.2 Å². The number of hydrogen-bond acceptors (Lipinski definition) is 4. The highest BCUT2D eigenvalue weighted by Gasteiger charge is 2.28. The summed E-state index contributed by atoms with van der Waals surface area (Å²) < 4.78 is 1.68. The fourth-order valence-electron chi connectivity index (χ4n) is 4.66. The van der Waals surface area contributed by atoms with Crippen LogP contribution >= 0.6 is 11.6 Å². The molecule has 39 heavy (non-hydrogen) atoms. The third-order valence-electron chi connectivity index (χ3n) is 6.89. The van der Waals surface area contributed by atoms with E-state index in [4.69, 9.17) is 16.7 Å². The first-order valence-electron chi connectivity index (χ1n) is 13.3. The molecule has 1 aliphatic rings. The van der Waals surface area contributed by atoms with Gasteiger partial charge in [0.25, 0.3) is 0 Å². The van der Waals surface area contributed by atoms with Gasteiger partial charge in [-0.15, -0.1) is 0 Å². The largest absolute Gasteiger partial charge is 0.481 e. The maximum atomic E-state index is 12.8. The fourth-order valence-corrected chi connectivity index (χ4v) is 4.83. The van der Waals surface area contributed by atoms with Crippen molar-refractivity contribution in [2.24, 2.45) is 5.92 Å². The molecular weight excluding hydrogens is 518 g/mol. The molecule has 0 radical (unpaired) electrons. The third kappa shape index (κ3) is 7.17. The van der Waals surface area contributed by atoms with Crippen LogP contribution in [-0.4, -0.2) is 50.8 Å². The van der Waals surface area contributed by atoms with Gasteiger partial charge in [-0.3, -0.25) is 14.9 Å². The van der Waals surface area contributed by atoms with Crippen LogP contribution in [0.3, 0.4) is 0 Å². The molecule has 1 saturated heterocycles. The standard InChI is InChI=1S/C29H34ClN5O4/c1-3-4-9-22-17-25(32-29(39)31-24-10-5-7-19(2)27(24)30)35(33-22)23-13-11-20(12-14-23)16-26(36)34-15-6-8-21(18-34)28(37)38/h5,7,10-14,17,21H,3-4,6,8-9,15-16,18H2,1-2H3,(H,37,38)(H2,31,32,39). The molecule has 0 aliphatic carbocycles. The summed E-state index contributed by atoms with van der Waals surface area (Å²) >= 11 is 6.34. The van der Waals surface area contributed by atoms with Crippen molar-refractivity contribution in [1.82, 2.24) is 14.7 Å². The Labute approximate surface area is 233 Å². The minimum Gasteiger partial charge on any atom is -0.481 e. The number of aryl methyl sites for hydroxylation is 2. The van der Waals surface area contributed by atoms with Crippen LogP contribution in [0, 0.1) is 12.8 Å². The number of carbonyl (C=O) groups is 3. The van der Waals surface area contributed by atoms with E-state index >= 15 is 0 Å². The van der Waals surface area contributed by atoms with Crippen LogP contribution in [0.5, 0.6) is 0 Å². The Morgan fingerprint density at radius 2 is 1.90 bits per heavy atom. The molecule has 2 heterocycles. The number of carboxylic acids is 1. The SMILES string of the molecule is CCCCc1cc(NC(=O)Nc2cccc(C)c2Cl)n(-c2ccc(CC(=O)N3CCCC(C(=O)O)C3)cc2)n1. The van der Waals surface area contributed by atoms with Crippen molar-refractivity contribution in [3.05, 3.63) is 70.4 Å². The molecule has 0 bridgehead atoms. The zero-order valence-electron chi connectivity index (χ0n) is 22.2. The minimum atomic E-state index is -0.852. The smallest absolute Gasteiger partial charge is 0.324 e. The molecule has 1 aromatic heterocycles. The topological polar surface area (TPSA) is 117 Å². The Kier molecular flexibility index (Phi) is 9.24. The first-order valence-corrected chi connectivity index (χ1v) is 13.6. The number of hydrogen-bond donors (Lipinski definition) is 3. The number of halogens is 1. The maximum Gasteiger partial charge on any atom is 0.324 e. The lowest BCUT2D eigenvalue weighted by atomic mass is 9.97. The number of carboxylic acid groups (broad SMARTS) is 1. The predicted octanol–water partition coefficient (Wildman–Crippen LogP) is 5.69. The van der Waals surface area contributed by atoms with Crippen molar-refractivity contribution < 1.29 is 19.5 Å². The molecule has 1 fully saturated rings. The van der Waals surface area contributed by atoms with Crippen molar-refractivity contribution in [3.8, 4) is 5.69 Å². The van der Waals surface area contributed by atoms with E-state index in [1.165, 1.54) is 0 Å². The van der Waals surface area contributed by atoms with Crippen LogP contribution in [0.15, 0.2) is 48.5 Å². The van der Waals surface area contributed by atoms with Crippen molar-refractivity contribution in [2.45, 2.75) is 52.4 Å². The number of unbranched alkanes of at least 4 members (excludes halogenated alkanes) is 1. The van der Waals surface area contributed by atoms with Gasteiger partial charge >= 0.3 is 12.0 Å². The number of carbonyl (C=O) groups excluding carboxylic acids is 2. The molecule has 206 valence electrons. The highest BCUT2D eigenvalue weighted by Crippen LogP contribution is 2.26. The molecule has 3 aromatic rings. The molecule has 9 nitrogen and oxygen atoms in total. The number of aromatic nitrogens is 2. The number of piperidine rings is 1. The average molecular weight is 552 g/mol. The number of rotatable bonds is 9. The van der Waals surface area contributed by atoms with Gasteiger partial charge in [0.15, 0.2) is 0 Å². The average Bonchev–Trinajstić information content (AvgIpc) is 3.32. The van der Waals surface area contributed by atoms with Crippen LogP contribution in [0.25, 0.3) is 5.69 Å². The molecular formula is C29H34ClN5O4. The van der Waals surface area contributed by atoms with E-state index in [9.17, 15) is 19.5 Å². The summed E-state index contributed by atoms with van der Waals surface area (Å²) in [6.07, 6.45) is 4.27. The van der Waals surface area contributed by atoms with E-state index in [0.717, 1.165) is 41.8 Å². The number of aliphatic carboxylic acids is 1. The number of likely N-dealkylation sites (tertiary alicyclic amines) is 1. The number of benzene rings is 2. The summed E-state index contributed by atoms with van der Waals surface area (Å²) in [5.41, 5.74) is 3.80. The highest BCUT2D eigenvalue weighted by molar-refractivity contribution is 6.34. The monoisotopic (exact) mass is 551 g/mol. The van der Waals surface area contributed by atoms with Gasteiger partial charge in [-0.05, 0) is 61.9 Å². The lowest BCUT2D eigenvalue weighted by Crippen LogP contribution is -2.42. The first kappa shape index (κ1) is 28.2. The molecule has 0 spiro atoms. The lowest BCUT2D eigenvalue weighted by Gasteiger charge is -2.30. The summed E-state index contributed by atoms with van der Waals surface area (Å²) in [6, 6.07) is 14.3. The second kappa shape index (κ2) is 12.8. The zero-order valence-corrected chi connectivity index (χ0v) is 23.0. The summed E-state index contributed by atoms with van der Waals surface area (Å²) in [6.45, 7) is 4.82. The maximum absolute atomic E-state index is 12.8. The Morgan fingerprint density at radius 1 is 1.13 bits per heavy atom.